The van der Waals surface area contributed by atoms with E-state index in [0.717, 1.165) is 18.0 Å². The molecule has 1 saturated heterocycles. The maximum atomic E-state index is 14.1. The third-order valence-electron chi connectivity index (χ3n) is 4.62. The van der Waals surface area contributed by atoms with Crippen LogP contribution in [0, 0.1) is 35.8 Å². The Labute approximate surface area is 155 Å². The minimum atomic E-state index is -0.753. The average molecular weight is 374 g/mol. The van der Waals surface area contributed by atoms with Crippen LogP contribution in [0.15, 0.2) is 12.1 Å². The van der Waals surface area contributed by atoms with E-state index in [-0.39, 0.29) is 23.1 Å². The summed E-state index contributed by atoms with van der Waals surface area (Å²) in [5, 5.41) is 18.4. The van der Waals surface area contributed by atoms with Crippen molar-refractivity contribution in [3.05, 3.63) is 41.0 Å². The van der Waals surface area contributed by atoms with Gasteiger partial charge in [0.2, 0.25) is 5.91 Å². The number of rotatable bonds is 5. The number of halogens is 2. The Morgan fingerprint density at radius 2 is 2.04 bits per heavy atom. The second-order valence-electron chi connectivity index (χ2n) is 6.54. The highest BCUT2D eigenvalue weighted by Gasteiger charge is 2.28. The molecular formula is C18H20F2N6O. The van der Waals surface area contributed by atoms with Gasteiger partial charge in [0, 0.05) is 32.0 Å². The second kappa shape index (κ2) is 8.12. The molecule has 142 valence electrons. The molecule has 9 heteroatoms. The first kappa shape index (κ1) is 18.8. The molecule has 0 bridgehead atoms. The van der Waals surface area contributed by atoms with Gasteiger partial charge in [-0.05, 0) is 31.9 Å². The fraction of sp³-hybridized carbons (Fsp3) is 0.444. The van der Waals surface area contributed by atoms with Gasteiger partial charge in [0.1, 0.15) is 11.5 Å². The molecule has 2 N–H and O–H groups in total. The third-order valence-corrected chi connectivity index (χ3v) is 4.62. The van der Waals surface area contributed by atoms with E-state index in [1.165, 1.54) is 0 Å². The van der Waals surface area contributed by atoms with Gasteiger partial charge >= 0.3 is 0 Å². The van der Waals surface area contributed by atoms with E-state index in [1.54, 1.807) is 11.0 Å². The molecular weight excluding hydrogens is 354 g/mol. The van der Waals surface area contributed by atoms with Gasteiger partial charge in [0.25, 0.3) is 0 Å². The Hall–Kier alpha value is -3.02. The van der Waals surface area contributed by atoms with Crippen LogP contribution in [-0.4, -0.2) is 40.7 Å². The van der Waals surface area contributed by atoms with E-state index < -0.39 is 11.6 Å². The molecule has 7 nitrogen and oxygen atoms in total. The number of aromatic nitrogens is 3. The SMILES string of the molecule is Cc1nc(CCNC(=O)C2CCN(c3c(F)cc(C#N)cc3F)CC2)n[nH]1. The van der Waals surface area contributed by atoms with Crippen LogP contribution in [0.4, 0.5) is 14.5 Å². The fourth-order valence-electron chi connectivity index (χ4n) is 3.24. The molecule has 0 unspecified atom stereocenters. The zero-order valence-corrected chi connectivity index (χ0v) is 14.9. The van der Waals surface area contributed by atoms with E-state index in [1.807, 2.05) is 6.92 Å². The van der Waals surface area contributed by atoms with Crippen LogP contribution in [0.2, 0.25) is 0 Å². The normalized spacial score (nSPS) is 14.8. The first-order valence-corrected chi connectivity index (χ1v) is 8.77. The number of hydrogen-bond acceptors (Lipinski definition) is 5. The lowest BCUT2D eigenvalue weighted by Gasteiger charge is -2.33. The Morgan fingerprint density at radius 3 is 2.59 bits per heavy atom. The summed E-state index contributed by atoms with van der Waals surface area (Å²) in [5.74, 6) is -0.393. The van der Waals surface area contributed by atoms with Crippen molar-refractivity contribution in [1.29, 1.82) is 5.26 Å². The Balaban J connectivity index is 1.51. The summed E-state index contributed by atoms with van der Waals surface area (Å²) in [5.41, 5.74) is -0.183. The molecule has 0 spiro atoms. The quantitative estimate of drug-likeness (QED) is 0.832. The molecule has 1 fully saturated rings. The first-order valence-electron chi connectivity index (χ1n) is 8.77. The highest BCUT2D eigenvalue weighted by molar-refractivity contribution is 5.79. The predicted molar refractivity (Wildman–Crippen MR) is 93.8 cm³/mol. The summed E-state index contributed by atoms with van der Waals surface area (Å²) in [6, 6.07) is 3.79. The average Bonchev–Trinajstić information content (AvgIpc) is 3.06. The van der Waals surface area contributed by atoms with Crippen LogP contribution >= 0.6 is 0 Å². The maximum absolute atomic E-state index is 14.1. The molecule has 0 radical (unpaired) electrons. The minimum Gasteiger partial charge on any atom is -0.367 e. The van der Waals surface area contributed by atoms with Gasteiger partial charge in [-0.3, -0.25) is 9.89 Å². The lowest BCUT2D eigenvalue weighted by molar-refractivity contribution is -0.125. The number of carbonyl (C=O) groups excluding carboxylic acids is 1. The lowest BCUT2D eigenvalue weighted by Crippen LogP contribution is -2.41. The molecule has 1 aromatic heterocycles. The number of benzene rings is 1. The Bertz CT molecular complexity index is 844. The standard InChI is InChI=1S/C18H20F2N6O/c1-11-23-16(25-24-11)2-5-22-18(27)13-3-6-26(7-4-13)17-14(19)8-12(10-21)9-15(17)20/h8-9,13H,2-7H2,1H3,(H,22,27)(H,23,24,25). The van der Waals surface area contributed by atoms with E-state index in [4.69, 9.17) is 5.26 Å². The minimum absolute atomic E-state index is 0.0513. The summed E-state index contributed by atoms with van der Waals surface area (Å²) in [4.78, 5) is 18.1. The van der Waals surface area contributed by atoms with Crippen LogP contribution in [-0.2, 0) is 11.2 Å². The van der Waals surface area contributed by atoms with Gasteiger partial charge < -0.3 is 10.2 Å². The van der Waals surface area contributed by atoms with Crippen LogP contribution in [0.1, 0.15) is 30.1 Å². The highest BCUT2D eigenvalue weighted by Crippen LogP contribution is 2.29. The van der Waals surface area contributed by atoms with Crippen molar-refractivity contribution in [3.8, 4) is 6.07 Å². The van der Waals surface area contributed by atoms with E-state index in [2.05, 4.69) is 20.5 Å². The number of nitrogens with one attached hydrogen (secondary N) is 2. The van der Waals surface area contributed by atoms with Crippen molar-refractivity contribution in [2.24, 2.45) is 5.92 Å². The lowest BCUT2D eigenvalue weighted by atomic mass is 9.95. The number of anilines is 1. The number of hydrogen-bond donors (Lipinski definition) is 2. The molecule has 0 aliphatic carbocycles. The number of carbonyl (C=O) groups is 1. The number of H-pyrrole nitrogens is 1. The summed E-state index contributed by atoms with van der Waals surface area (Å²) in [6.07, 6.45) is 1.55. The van der Waals surface area contributed by atoms with Crippen molar-refractivity contribution in [3.63, 3.8) is 0 Å². The zero-order chi connectivity index (χ0) is 19.4. The highest BCUT2D eigenvalue weighted by atomic mass is 19.1. The van der Waals surface area contributed by atoms with Gasteiger partial charge in [0.05, 0.1) is 11.6 Å². The van der Waals surface area contributed by atoms with Crippen LogP contribution in [0.3, 0.4) is 0 Å². The fourth-order valence-corrected chi connectivity index (χ4v) is 3.24. The molecule has 1 amide bonds. The summed E-state index contributed by atoms with van der Waals surface area (Å²) in [6.45, 7) is 2.99. The number of aryl methyl sites for hydroxylation is 1. The van der Waals surface area contributed by atoms with Crippen molar-refractivity contribution >= 4 is 11.6 Å². The molecule has 0 saturated carbocycles. The number of piperidine rings is 1. The largest absolute Gasteiger partial charge is 0.367 e. The summed E-state index contributed by atoms with van der Waals surface area (Å²) in [7, 11) is 0. The van der Waals surface area contributed by atoms with E-state index in [0.29, 0.717) is 44.7 Å². The van der Waals surface area contributed by atoms with Crippen LogP contribution in [0.25, 0.3) is 0 Å². The summed E-state index contributed by atoms with van der Waals surface area (Å²) >= 11 is 0. The number of amides is 1. The molecule has 27 heavy (non-hydrogen) atoms. The molecule has 2 aromatic rings. The second-order valence-corrected chi connectivity index (χ2v) is 6.54. The third kappa shape index (κ3) is 4.39. The molecule has 0 atom stereocenters. The van der Waals surface area contributed by atoms with Gasteiger partial charge in [-0.15, -0.1) is 0 Å². The molecule has 1 aromatic carbocycles. The van der Waals surface area contributed by atoms with E-state index in [9.17, 15) is 13.6 Å². The van der Waals surface area contributed by atoms with Gasteiger partial charge in [-0.2, -0.15) is 10.4 Å². The topological polar surface area (TPSA) is 97.7 Å². The van der Waals surface area contributed by atoms with Crippen molar-refractivity contribution in [2.75, 3.05) is 24.5 Å². The van der Waals surface area contributed by atoms with Crippen molar-refractivity contribution in [2.45, 2.75) is 26.2 Å². The molecule has 1 aliphatic rings. The number of nitriles is 1. The molecule has 3 rings (SSSR count). The predicted octanol–water partition coefficient (Wildman–Crippen LogP) is 1.84. The van der Waals surface area contributed by atoms with Crippen LogP contribution < -0.4 is 10.2 Å². The van der Waals surface area contributed by atoms with Crippen molar-refractivity contribution < 1.29 is 13.6 Å². The van der Waals surface area contributed by atoms with Crippen molar-refractivity contribution in [1.82, 2.24) is 20.5 Å². The monoisotopic (exact) mass is 374 g/mol. The number of aromatic amines is 1. The Morgan fingerprint density at radius 1 is 1.37 bits per heavy atom. The maximum Gasteiger partial charge on any atom is 0.223 e. The molecule has 1 aliphatic heterocycles. The van der Waals surface area contributed by atoms with Crippen LogP contribution in [0.5, 0.6) is 0 Å². The van der Waals surface area contributed by atoms with Gasteiger partial charge in [-0.25, -0.2) is 13.8 Å². The smallest absolute Gasteiger partial charge is 0.223 e. The first-order chi connectivity index (χ1) is 13.0. The zero-order valence-electron chi connectivity index (χ0n) is 14.9. The van der Waals surface area contributed by atoms with E-state index >= 15 is 0 Å². The number of nitrogens with zero attached hydrogens (tertiary/aromatic N) is 4. The summed E-state index contributed by atoms with van der Waals surface area (Å²) < 4.78 is 28.3. The molecule has 2 heterocycles. The van der Waals surface area contributed by atoms with Gasteiger partial charge in [-0.1, -0.05) is 0 Å². The van der Waals surface area contributed by atoms with Gasteiger partial charge in [0.15, 0.2) is 17.5 Å². The Kier molecular flexibility index (Phi) is 5.64.